The number of nitrogens with two attached hydrogens (primary N) is 1. The fraction of sp³-hybridized carbons (Fsp3) is 0.200. The zero-order chi connectivity index (χ0) is 12.3. The van der Waals surface area contributed by atoms with Crippen LogP contribution in [0.2, 0.25) is 5.02 Å². The molecule has 88 valence electrons. The molecule has 0 saturated carbocycles. The molecule has 0 unspecified atom stereocenters. The summed E-state index contributed by atoms with van der Waals surface area (Å²) in [5, 5.41) is -0.135. The highest BCUT2D eigenvalue weighted by molar-refractivity contribution is 6.32. The van der Waals surface area contributed by atoms with Gasteiger partial charge < -0.3 is 10.5 Å². The minimum absolute atomic E-state index is 0.135. The Balaban J connectivity index is 2.96. The molecule has 0 aliphatic carbocycles. The number of hydrogen-bond donors (Lipinski definition) is 1. The van der Waals surface area contributed by atoms with Crippen molar-refractivity contribution in [1.29, 1.82) is 0 Å². The Morgan fingerprint density at radius 1 is 1.44 bits per heavy atom. The molecule has 2 N–H and O–H groups in total. The fourth-order valence-corrected chi connectivity index (χ4v) is 1.27. The predicted molar refractivity (Wildman–Crippen MR) is 56.2 cm³/mol. The van der Waals surface area contributed by atoms with Crippen LogP contribution in [0.15, 0.2) is 24.8 Å². The van der Waals surface area contributed by atoms with Crippen molar-refractivity contribution in [1.82, 2.24) is 0 Å². The average molecular weight is 252 g/mol. The van der Waals surface area contributed by atoms with Gasteiger partial charge in [-0.3, -0.25) is 0 Å². The van der Waals surface area contributed by atoms with Crippen LogP contribution in [-0.4, -0.2) is 12.9 Å². The van der Waals surface area contributed by atoms with E-state index >= 15 is 0 Å². The lowest BCUT2D eigenvalue weighted by molar-refractivity contribution is -0.274. The molecule has 16 heavy (non-hydrogen) atoms. The molecule has 0 bridgehead atoms. The third-order valence-electron chi connectivity index (χ3n) is 1.81. The van der Waals surface area contributed by atoms with E-state index in [9.17, 15) is 13.2 Å². The first-order chi connectivity index (χ1) is 7.33. The molecular weight excluding hydrogens is 243 g/mol. The molecule has 0 heterocycles. The topological polar surface area (TPSA) is 35.2 Å². The molecule has 1 aromatic carbocycles. The van der Waals surface area contributed by atoms with Crippen LogP contribution in [0.5, 0.6) is 5.75 Å². The van der Waals surface area contributed by atoms with Gasteiger partial charge in [0.25, 0.3) is 0 Å². The summed E-state index contributed by atoms with van der Waals surface area (Å²) in [6, 6.07) is 3.88. The molecular formula is C10H9ClF3NO. The van der Waals surface area contributed by atoms with Gasteiger partial charge in [-0.1, -0.05) is 24.2 Å². The SMILES string of the molecule is C=C(CN)c1ccc(OC(F)(F)F)c(Cl)c1. The quantitative estimate of drug-likeness (QED) is 0.895. The fourth-order valence-electron chi connectivity index (χ4n) is 1.05. The minimum atomic E-state index is -4.75. The highest BCUT2D eigenvalue weighted by Gasteiger charge is 2.32. The Morgan fingerprint density at radius 2 is 2.06 bits per heavy atom. The maximum absolute atomic E-state index is 11.9. The molecule has 0 amide bonds. The molecule has 0 fully saturated rings. The molecule has 1 rings (SSSR count). The summed E-state index contributed by atoms with van der Waals surface area (Å²) in [6.07, 6.45) is -4.75. The van der Waals surface area contributed by atoms with Crippen LogP contribution in [0, 0.1) is 0 Å². The van der Waals surface area contributed by atoms with Crippen LogP contribution in [-0.2, 0) is 0 Å². The van der Waals surface area contributed by atoms with Crippen molar-refractivity contribution in [2.24, 2.45) is 5.73 Å². The van der Waals surface area contributed by atoms with Crippen molar-refractivity contribution in [3.8, 4) is 5.75 Å². The van der Waals surface area contributed by atoms with Gasteiger partial charge in [0.2, 0.25) is 0 Å². The van der Waals surface area contributed by atoms with E-state index in [0.29, 0.717) is 11.1 Å². The van der Waals surface area contributed by atoms with E-state index in [4.69, 9.17) is 17.3 Å². The van der Waals surface area contributed by atoms with Gasteiger partial charge in [-0.05, 0) is 23.3 Å². The zero-order valence-electron chi connectivity index (χ0n) is 8.14. The summed E-state index contributed by atoms with van der Waals surface area (Å²) in [7, 11) is 0. The van der Waals surface area contributed by atoms with Crippen molar-refractivity contribution in [3.63, 3.8) is 0 Å². The van der Waals surface area contributed by atoms with Crippen LogP contribution < -0.4 is 10.5 Å². The van der Waals surface area contributed by atoms with E-state index in [-0.39, 0.29) is 11.6 Å². The molecule has 1 aromatic rings. The summed E-state index contributed by atoms with van der Waals surface area (Å²) in [6.45, 7) is 3.85. The number of alkyl halides is 3. The largest absolute Gasteiger partial charge is 0.573 e. The number of halogens is 4. The predicted octanol–water partition coefficient (Wildman–Crippen LogP) is 3.21. The second kappa shape index (κ2) is 4.76. The van der Waals surface area contributed by atoms with Crippen LogP contribution in [0.3, 0.4) is 0 Å². The van der Waals surface area contributed by atoms with Crippen molar-refractivity contribution in [3.05, 3.63) is 35.4 Å². The maximum atomic E-state index is 11.9. The second-order valence-electron chi connectivity index (χ2n) is 3.00. The lowest BCUT2D eigenvalue weighted by Gasteiger charge is -2.11. The third-order valence-corrected chi connectivity index (χ3v) is 2.11. The Morgan fingerprint density at radius 3 is 2.50 bits per heavy atom. The van der Waals surface area contributed by atoms with Crippen LogP contribution >= 0.6 is 11.6 Å². The monoisotopic (exact) mass is 251 g/mol. The summed E-state index contributed by atoms with van der Waals surface area (Å²) in [5.74, 6) is -0.442. The van der Waals surface area contributed by atoms with Crippen molar-refractivity contribution < 1.29 is 17.9 Å². The summed E-state index contributed by atoms with van der Waals surface area (Å²) in [4.78, 5) is 0. The van der Waals surface area contributed by atoms with Gasteiger partial charge in [-0.2, -0.15) is 0 Å². The van der Waals surface area contributed by atoms with Gasteiger partial charge in [-0.15, -0.1) is 13.2 Å². The summed E-state index contributed by atoms with van der Waals surface area (Å²) < 4.78 is 39.5. The second-order valence-corrected chi connectivity index (χ2v) is 3.41. The first-order valence-corrected chi connectivity index (χ1v) is 4.65. The highest BCUT2D eigenvalue weighted by atomic mass is 35.5. The average Bonchev–Trinajstić information content (AvgIpc) is 2.18. The lowest BCUT2D eigenvalue weighted by Crippen LogP contribution is -2.17. The van der Waals surface area contributed by atoms with Crippen LogP contribution in [0.1, 0.15) is 5.56 Å². The first-order valence-electron chi connectivity index (χ1n) is 4.27. The molecule has 0 aliphatic rings. The first kappa shape index (κ1) is 12.9. The van der Waals surface area contributed by atoms with E-state index in [1.165, 1.54) is 12.1 Å². The maximum Gasteiger partial charge on any atom is 0.573 e. The van der Waals surface area contributed by atoms with Gasteiger partial charge in [0.05, 0.1) is 5.02 Å². The van der Waals surface area contributed by atoms with E-state index in [2.05, 4.69) is 11.3 Å². The molecule has 0 aromatic heterocycles. The summed E-state index contributed by atoms with van der Waals surface area (Å²) >= 11 is 5.63. The van der Waals surface area contributed by atoms with Gasteiger partial charge in [-0.25, -0.2) is 0 Å². The van der Waals surface area contributed by atoms with Crippen molar-refractivity contribution in [2.45, 2.75) is 6.36 Å². The molecule has 2 nitrogen and oxygen atoms in total. The van der Waals surface area contributed by atoms with E-state index in [1.54, 1.807) is 0 Å². The molecule has 0 saturated heterocycles. The smallest absolute Gasteiger partial charge is 0.404 e. The molecule has 0 atom stereocenters. The third kappa shape index (κ3) is 3.43. The lowest BCUT2D eigenvalue weighted by atomic mass is 10.1. The Kier molecular flexibility index (Phi) is 3.83. The normalized spacial score (nSPS) is 11.3. The number of ether oxygens (including phenoxy) is 1. The zero-order valence-corrected chi connectivity index (χ0v) is 8.90. The van der Waals surface area contributed by atoms with Crippen molar-refractivity contribution in [2.75, 3.05) is 6.54 Å². The standard InChI is InChI=1S/C10H9ClF3NO/c1-6(5-15)7-2-3-9(8(11)4-7)16-10(12,13)14/h2-4H,1,5,15H2. The van der Waals surface area contributed by atoms with E-state index in [1.807, 2.05) is 0 Å². The minimum Gasteiger partial charge on any atom is -0.404 e. The number of rotatable bonds is 3. The van der Waals surface area contributed by atoms with Gasteiger partial charge in [0.1, 0.15) is 5.75 Å². The molecule has 0 radical (unpaired) electrons. The number of benzene rings is 1. The Bertz CT molecular complexity index is 404. The van der Waals surface area contributed by atoms with Crippen LogP contribution in [0.25, 0.3) is 5.57 Å². The highest BCUT2D eigenvalue weighted by Crippen LogP contribution is 2.31. The summed E-state index contributed by atoms with van der Waals surface area (Å²) in [5.41, 5.74) is 6.51. The van der Waals surface area contributed by atoms with Crippen LogP contribution in [0.4, 0.5) is 13.2 Å². The molecule has 6 heteroatoms. The van der Waals surface area contributed by atoms with E-state index < -0.39 is 12.1 Å². The molecule has 0 spiro atoms. The Labute approximate surface area is 95.5 Å². The van der Waals surface area contributed by atoms with Crippen molar-refractivity contribution >= 4 is 17.2 Å². The van der Waals surface area contributed by atoms with Gasteiger partial charge >= 0.3 is 6.36 Å². The number of hydrogen-bond acceptors (Lipinski definition) is 2. The van der Waals surface area contributed by atoms with E-state index in [0.717, 1.165) is 6.07 Å². The molecule has 0 aliphatic heterocycles. The Hall–Kier alpha value is -1.20. The van der Waals surface area contributed by atoms with Gasteiger partial charge in [0, 0.05) is 6.54 Å². The van der Waals surface area contributed by atoms with Gasteiger partial charge in [0.15, 0.2) is 0 Å².